The molecule has 0 N–H and O–H groups in total. The Morgan fingerprint density at radius 1 is 1.30 bits per heavy atom. The van der Waals surface area contributed by atoms with E-state index in [1.807, 2.05) is 0 Å². The summed E-state index contributed by atoms with van der Waals surface area (Å²) in [4.78, 5) is 25.4. The molecule has 0 bridgehead atoms. The lowest BCUT2D eigenvalue weighted by Gasteiger charge is -1.91. The summed E-state index contributed by atoms with van der Waals surface area (Å²) >= 11 is 0. The highest BCUT2D eigenvalue weighted by atomic mass is 16.6. The zero-order valence-corrected chi connectivity index (χ0v) is 9.81. The predicted molar refractivity (Wildman–Crippen MR) is 64.7 cm³/mol. The normalized spacial score (nSPS) is 16.3. The highest BCUT2D eigenvalue weighted by molar-refractivity contribution is 6.11. The van der Waals surface area contributed by atoms with Crippen molar-refractivity contribution in [3.05, 3.63) is 57.9 Å². The number of rotatable bonds is 3. The molecule has 0 atom stereocenters. The zero-order chi connectivity index (χ0) is 14.1. The van der Waals surface area contributed by atoms with Crippen molar-refractivity contribution in [3.63, 3.8) is 0 Å². The Balaban J connectivity index is 1.91. The second-order valence-electron chi connectivity index (χ2n) is 3.75. The van der Waals surface area contributed by atoms with Crippen LogP contribution in [-0.4, -0.2) is 16.8 Å². The first-order chi connectivity index (χ1) is 9.63. The Labute approximate surface area is 111 Å². The average Bonchev–Trinajstić information content (AvgIpc) is 3.11. The molecule has 0 aromatic carbocycles. The van der Waals surface area contributed by atoms with E-state index in [1.54, 1.807) is 12.1 Å². The van der Waals surface area contributed by atoms with Gasteiger partial charge in [0.1, 0.15) is 10.7 Å². The zero-order valence-electron chi connectivity index (χ0n) is 9.81. The molecule has 2 aromatic heterocycles. The van der Waals surface area contributed by atoms with Crippen molar-refractivity contribution in [2.24, 2.45) is 4.99 Å². The van der Waals surface area contributed by atoms with Crippen LogP contribution in [-0.2, 0) is 9.53 Å². The summed E-state index contributed by atoms with van der Waals surface area (Å²) in [6.45, 7) is 0. The number of carbonyl (C=O) groups is 1. The van der Waals surface area contributed by atoms with Crippen LogP contribution in [0.2, 0.25) is 0 Å². The molecule has 3 heterocycles. The number of carbonyl (C=O) groups excluding carboxylic acids is 1. The van der Waals surface area contributed by atoms with Crippen LogP contribution < -0.4 is 0 Å². The molecule has 1 aliphatic heterocycles. The number of esters is 1. The Kier molecular flexibility index (Phi) is 2.68. The van der Waals surface area contributed by atoms with Crippen LogP contribution in [0.15, 0.2) is 50.1 Å². The van der Waals surface area contributed by atoms with Gasteiger partial charge in [0.2, 0.25) is 0 Å². The molecule has 0 amide bonds. The largest absolute Gasteiger partial charge is 0.459 e. The van der Waals surface area contributed by atoms with E-state index in [9.17, 15) is 14.9 Å². The average molecular weight is 274 g/mol. The molecule has 2 aromatic rings. The van der Waals surface area contributed by atoms with Gasteiger partial charge in [-0.2, -0.15) is 0 Å². The number of nitrogens with zero attached hydrogens (tertiary/aromatic N) is 2. The van der Waals surface area contributed by atoms with Gasteiger partial charge in [-0.15, -0.1) is 0 Å². The van der Waals surface area contributed by atoms with Crippen molar-refractivity contribution < 1.29 is 23.3 Å². The molecule has 8 heteroatoms. The maximum atomic E-state index is 11.6. The lowest BCUT2D eigenvalue weighted by Crippen LogP contribution is -2.04. The number of ether oxygens (including phenoxy) is 1. The first kappa shape index (κ1) is 11.9. The summed E-state index contributed by atoms with van der Waals surface area (Å²) in [5.74, 6) is -0.624. The van der Waals surface area contributed by atoms with Crippen molar-refractivity contribution in [3.8, 4) is 0 Å². The molecule has 20 heavy (non-hydrogen) atoms. The summed E-state index contributed by atoms with van der Waals surface area (Å²) in [6.07, 6.45) is 2.68. The van der Waals surface area contributed by atoms with Crippen molar-refractivity contribution in [1.82, 2.24) is 0 Å². The molecular formula is C12H6N2O6. The topological polar surface area (TPSA) is 108 Å². The highest BCUT2D eigenvalue weighted by Crippen LogP contribution is 2.22. The number of hydrogen-bond donors (Lipinski definition) is 0. The fourth-order valence-corrected chi connectivity index (χ4v) is 1.57. The van der Waals surface area contributed by atoms with E-state index >= 15 is 0 Å². The van der Waals surface area contributed by atoms with Crippen LogP contribution in [0, 0.1) is 10.1 Å². The minimum atomic E-state index is -0.685. The summed E-state index contributed by atoms with van der Waals surface area (Å²) in [5, 5.41) is 10.5. The maximum absolute atomic E-state index is 11.6. The number of cyclic esters (lactones) is 1. The van der Waals surface area contributed by atoms with E-state index in [1.165, 1.54) is 24.5 Å². The molecule has 0 aliphatic carbocycles. The molecule has 3 rings (SSSR count). The fourth-order valence-electron chi connectivity index (χ4n) is 1.57. The fraction of sp³-hybridized carbons (Fsp3) is 0. The maximum Gasteiger partial charge on any atom is 0.433 e. The molecule has 0 unspecified atom stereocenters. The summed E-state index contributed by atoms with van der Waals surface area (Å²) in [6, 6.07) is 5.76. The molecule has 0 radical (unpaired) electrons. The van der Waals surface area contributed by atoms with Gasteiger partial charge in [0.25, 0.3) is 5.90 Å². The van der Waals surface area contributed by atoms with Gasteiger partial charge in [0, 0.05) is 6.08 Å². The van der Waals surface area contributed by atoms with Crippen molar-refractivity contribution in [1.29, 1.82) is 0 Å². The second-order valence-corrected chi connectivity index (χ2v) is 3.75. The lowest BCUT2D eigenvalue weighted by molar-refractivity contribution is -0.402. The molecule has 8 nitrogen and oxygen atoms in total. The Morgan fingerprint density at radius 3 is 2.80 bits per heavy atom. The van der Waals surface area contributed by atoms with E-state index in [-0.39, 0.29) is 17.4 Å². The van der Waals surface area contributed by atoms with Crippen LogP contribution >= 0.6 is 0 Å². The van der Waals surface area contributed by atoms with Crippen LogP contribution in [0.1, 0.15) is 11.5 Å². The molecular weight excluding hydrogens is 268 g/mol. The smallest absolute Gasteiger partial charge is 0.433 e. The van der Waals surface area contributed by atoms with Crippen molar-refractivity contribution in [2.75, 3.05) is 0 Å². The standard InChI is InChI=1S/C12H6N2O6/c15-12-8(6-7-3-4-10(19-7)14(16)17)13-11(20-12)9-2-1-5-18-9/h1-6H/b8-6-. The number of nitro groups is 1. The third kappa shape index (κ3) is 2.09. The highest BCUT2D eigenvalue weighted by Gasteiger charge is 2.26. The summed E-state index contributed by atoms with van der Waals surface area (Å²) in [7, 11) is 0. The second kappa shape index (κ2) is 4.50. The van der Waals surface area contributed by atoms with Gasteiger partial charge in [-0.05, 0) is 18.2 Å². The van der Waals surface area contributed by atoms with Gasteiger partial charge in [0.15, 0.2) is 11.5 Å². The summed E-state index contributed by atoms with van der Waals surface area (Å²) in [5.41, 5.74) is -0.0272. The van der Waals surface area contributed by atoms with E-state index in [0.717, 1.165) is 0 Å². The molecule has 100 valence electrons. The first-order valence-corrected chi connectivity index (χ1v) is 5.44. The minimum Gasteiger partial charge on any atom is -0.459 e. The third-order valence-corrected chi connectivity index (χ3v) is 2.42. The summed E-state index contributed by atoms with van der Waals surface area (Å²) < 4.78 is 14.9. The number of furan rings is 2. The van der Waals surface area contributed by atoms with Crippen molar-refractivity contribution in [2.45, 2.75) is 0 Å². The number of hydrogen-bond acceptors (Lipinski definition) is 7. The molecule has 0 saturated heterocycles. The van der Waals surface area contributed by atoms with Crippen LogP contribution in [0.5, 0.6) is 0 Å². The minimum absolute atomic E-state index is 0.0272. The van der Waals surface area contributed by atoms with Crippen LogP contribution in [0.4, 0.5) is 5.88 Å². The van der Waals surface area contributed by atoms with Gasteiger partial charge < -0.3 is 13.6 Å². The lowest BCUT2D eigenvalue weighted by atomic mass is 10.3. The van der Waals surface area contributed by atoms with Crippen LogP contribution in [0.25, 0.3) is 6.08 Å². The Hall–Kier alpha value is -3.16. The molecule has 0 spiro atoms. The Morgan fingerprint density at radius 2 is 2.15 bits per heavy atom. The van der Waals surface area contributed by atoms with Gasteiger partial charge in [0.05, 0.1) is 12.3 Å². The number of aliphatic imine (C=N–C) groups is 1. The third-order valence-electron chi connectivity index (χ3n) is 2.42. The van der Waals surface area contributed by atoms with E-state index < -0.39 is 16.8 Å². The monoisotopic (exact) mass is 274 g/mol. The van der Waals surface area contributed by atoms with Gasteiger partial charge in [-0.3, -0.25) is 10.1 Å². The Bertz CT molecular complexity index is 738. The van der Waals surface area contributed by atoms with Gasteiger partial charge >= 0.3 is 11.9 Å². The van der Waals surface area contributed by atoms with Gasteiger partial charge in [-0.1, -0.05) is 0 Å². The predicted octanol–water partition coefficient (Wildman–Crippen LogP) is 2.13. The molecule has 0 saturated carbocycles. The van der Waals surface area contributed by atoms with E-state index in [0.29, 0.717) is 5.76 Å². The quantitative estimate of drug-likeness (QED) is 0.367. The van der Waals surface area contributed by atoms with Gasteiger partial charge in [-0.25, -0.2) is 9.79 Å². The first-order valence-electron chi connectivity index (χ1n) is 5.44. The molecule has 0 fully saturated rings. The van der Waals surface area contributed by atoms with E-state index in [4.69, 9.17) is 13.6 Å². The SMILES string of the molecule is O=C1OC(c2ccco2)=N/C1=C\c1ccc([N+](=O)[O-])o1. The van der Waals surface area contributed by atoms with Crippen LogP contribution in [0.3, 0.4) is 0 Å². The van der Waals surface area contributed by atoms with E-state index in [2.05, 4.69) is 4.99 Å². The van der Waals surface area contributed by atoms with Crippen molar-refractivity contribution >= 4 is 23.8 Å². The molecule has 1 aliphatic rings.